The maximum absolute atomic E-state index is 8.98. The molecule has 0 bridgehead atoms. The molecule has 0 atom stereocenters. The predicted octanol–water partition coefficient (Wildman–Crippen LogP) is 4.91. The van der Waals surface area contributed by atoms with Crippen LogP contribution in [0.3, 0.4) is 0 Å². The second-order valence-corrected chi connectivity index (χ2v) is 6.38. The summed E-state index contributed by atoms with van der Waals surface area (Å²) >= 11 is 3.40. The normalized spacial score (nSPS) is 10.3. The van der Waals surface area contributed by atoms with E-state index in [1.165, 1.54) is 5.56 Å². The molecule has 0 aliphatic rings. The van der Waals surface area contributed by atoms with Crippen LogP contribution in [0, 0.1) is 11.3 Å². The molecule has 0 fully saturated rings. The van der Waals surface area contributed by atoms with E-state index in [0.29, 0.717) is 40.7 Å². The number of hydrogen-bond donors (Lipinski definition) is 0. The lowest BCUT2D eigenvalue weighted by Gasteiger charge is -2.13. The smallest absolute Gasteiger partial charge is 0.175 e. The van der Waals surface area contributed by atoms with Crippen LogP contribution in [0.2, 0.25) is 0 Å². The first-order chi connectivity index (χ1) is 11.5. The van der Waals surface area contributed by atoms with E-state index < -0.39 is 0 Å². The molecule has 0 unspecified atom stereocenters. The molecular weight excluding hydrogens is 370 g/mol. The van der Waals surface area contributed by atoms with Gasteiger partial charge in [0.05, 0.1) is 23.2 Å². The third-order valence-corrected chi connectivity index (χ3v) is 4.09. The van der Waals surface area contributed by atoms with Gasteiger partial charge in [-0.25, -0.2) is 0 Å². The van der Waals surface area contributed by atoms with E-state index in [1.54, 1.807) is 19.2 Å². The van der Waals surface area contributed by atoms with Gasteiger partial charge in [-0.05, 0) is 45.6 Å². The van der Waals surface area contributed by atoms with Crippen molar-refractivity contribution in [1.29, 1.82) is 5.26 Å². The second kappa shape index (κ2) is 8.60. The standard InChI is InChI=1S/C19H20BrNO3/c1-13(2)15-4-6-16(7-5-15)23-8-9-24-19-17(20)10-14(12-21)11-18(19)22-3/h4-7,10-11,13H,8-9H2,1-3H3. The molecule has 0 radical (unpaired) electrons. The Hall–Kier alpha value is -2.19. The third kappa shape index (κ3) is 4.65. The van der Waals surface area contributed by atoms with Gasteiger partial charge in [-0.1, -0.05) is 26.0 Å². The van der Waals surface area contributed by atoms with E-state index >= 15 is 0 Å². The summed E-state index contributed by atoms with van der Waals surface area (Å²) in [5.74, 6) is 2.40. The molecule has 0 N–H and O–H groups in total. The van der Waals surface area contributed by atoms with Crippen molar-refractivity contribution in [1.82, 2.24) is 0 Å². The summed E-state index contributed by atoms with van der Waals surface area (Å²) in [4.78, 5) is 0. The Kier molecular flexibility index (Phi) is 6.51. The van der Waals surface area contributed by atoms with Crippen LogP contribution in [0.1, 0.15) is 30.9 Å². The average molecular weight is 390 g/mol. The van der Waals surface area contributed by atoms with E-state index in [2.05, 4.69) is 48.0 Å². The lowest BCUT2D eigenvalue weighted by molar-refractivity contribution is 0.210. The molecule has 0 saturated carbocycles. The first kappa shape index (κ1) is 18.2. The van der Waals surface area contributed by atoms with Crippen molar-refractivity contribution in [3.8, 4) is 23.3 Å². The van der Waals surface area contributed by atoms with Gasteiger partial charge in [0, 0.05) is 6.07 Å². The first-order valence-corrected chi connectivity index (χ1v) is 8.47. The van der Waals surface area contributed by atoms with Crippen LogP contribution in [-0.2, 0) is 0 Å². The van der Waals surface area contributed by atoms with Crippen LogP contribution in [-0.4, -0.2) is 20.3 Å². The van der Waals surface area contributed by atoms with Crippen LogP contribution < -0.4 is 14.2 Å². The van der Waals surface area contributed by atoms with Gasteiger partial charge in [-0.2, -0.15) is 5.26 Å². The Balaban J connectivity index is 1.91. The Bertz CT molecular complexity index is 721. The summed E-state index contributed by atoms with van der Waals surface area (Å²) in [6.45, 7) is 5.10. The van der Waals surface area contributed by atoms with Crippen molar-refractivity contribution >= 4 is 15.9 Å². The number of rotatable bonds is 7. The minimum Gasteiger partial charge on any atom is -0.493 e. The Morgan fingerprint density at radius 3 is 2.33 bits per heavy atom. The van der Waals surface area contributed by atoms with Crippen molar-refractivity contribution in [2.75, 3.05) is 20.3 Å². The van der Waals surface area contributed by atoms with Gasteiger partial charge in [0.25, 0.3) is 0 Å². The van der Waals surface area contributed by atoms with Crippen LogP contribution in [0.5, 0.6) is 17.2 Å². The highest BCUT2D eigenvalue weighted by molar-refractivity contribution is 9.10. The number of hydrogen-bond acceptors (Lipinski definition) is 4. The molecule has 2 rings (SSSR count). The predicted molar refractivity (Wildman–Crippen MR) is 96.9 cm³/mol. The summed E-state index contributed by atoms with van der Waals surface area (Å²) in [6.07, 6.45) is 0. The molecule has 2 aromatic carbocycles. The highest BCUT2D eigenvalue weighted by Crippen LogP contribution is 2.36. The van der Waals surface area contributed by atoms with Crippen molar-refractivity contribution in [2.24, 2.45) is 0 Å². The zero-order valence-corrected chi connectivity index (χ0v) is 15.6. The molecule has 0 saturated heterocycles. The van der Waals surface area contributed by atoms with Gasteiger partial charge >= 0.3 is 0 Å². The van der Waals surface area contributed by atoms with Gasteiger partial charge in [-0.3, -0.25) is 0 Å². The molecule has 0 spiro atoms. The van der Waals surface area contributed by atoms with Gasteiger partial charge in [0.1, 0.15) is 19.0 Å². The van der Waals surface area contributed by atoms with E-state index in [9.17, 15) is 0 Å². The molecule has 126 valence electrons. The third-order valence-electron chi connectivity index (χ3n) is 3.50. The van der Waals surface area contributed by atoms with Crippen LogP contribution in [0.15, 0.2) is 40.9 Å². The van der Waals surface area contributed by atoms with E-state index in [-0.39, 0.29) is 0 Å². The molecule has 5 heteroatoms. The second-order valence-electron chi connectivity index (χ2n) is 5.52. The summed E-state index contributed by atoms with van der Waals surface area (Å²) in [6, 6.07) is 13.5. The molecule has 0 aliphatic heterocycles. The maximum atomic E-state index is 8.98. The Labute approximate surface area is 151 Å². The van der Waals surface area contributed by atoms with Gasteiger partial charge in [0.2, 0.25) is 0 Å². The van der Waals surface area contributed by atoms with E-state index in [0.717, 1.165) is 5.75 Å². The van der Waals surface area contributed by atoms with Crippen LogP contribution in [0.25, 0.3) is 0 Å². The zero-order chi connectivity index (χ0) is 17.5. The SMILES string of the molecule is COc1cc(C#N)cc(Br)c1OCCOc1ccc(C(C)C)cc1. The maximum Gasteiger partial charge on any atom is 0.175 e. The first-order valence-electron chi connectivity index (χ1n) is 7.68. The van der Waals surface area contributed by atoms with Crippen LogP contribution >= 0.6 is 15.9 Å². The largest absolute Gasteiger partial charge is 0.493 e. The molecule has 4 nitrogen and oxygen atoms in total. The summed E-state index contributed by atoms with van der Waals surface area (Å²) in [7, 11) is 1.54. The quantitative estimate of drug-likeness (QED) is 0.631. The van der Waals surface area contributed by atoms with E-state index in [1.807, 2.05) is 12.1 Å². The summed E-state index contributed by atoms with van der Waals surface area (Å²) in [5.41, 5.74) is 1.79. The van der Waals surface area contributed by atoms with Gasteiger partial charge in [-0.15, -0.1) is 0 Å². The monoisotopic (exact) mass is 389 g/mol. The van der Waals surface area contributed by atoms with Gasteiger partial charge < -0.3 is 14.2 Å². The molecule has 0 amide bonds. The number of halogens is 1. The topological polar surface area (TPSA) is 51.5 Å². The minimum absolute atomic E-state index is 0.368. The lowest BCUT2D eigenvalue weighted by Crippen LogP contribution is -2.10. The lowest BCUT2D eigenvalue weighted by atomic mass is 10.0. The highest BCUT2D eigenvalue weighted by Gasteiger charge is 2.11. The summed E-state index contributed by atoms with van der Waals surface area (Å²) in [5, 5.41) is 8.98. The van der Waals surface area contributed by atoms with E-state index in [4.69, 9.17) is 19.5 Å². The average Bonchev–Trinajstić information content (AvgIpc) is 2.59. The summed E-state index contributed by atoms with van der Waals surface area (Å²) < 4.78 is 17.4. The van der Waals surface area contributed by atoms with Crippen molar-refractivity contribution < 1.29 is 14.2 Å². The van der Waals surface area contributed by atoms with Crippen molar-refractivity contribution in [2.45, 2.75) is 19.8 Å². The highest BCUT2D eigenvalue weighted by atomic mass is 79.9. The molecule has 24 heavy (non-hydrogen) atoms. The Morgan fingerprint density at radius 1 is 1.08 bits per heavy atom. The van der Waals surface area contributed by atoms with Crippen molar-refractivity contribution in [3.63, 3.8) is 0 Å². The number of ether oxygens (including phenoxy) is 3. The molecule has 2 aromatic rings. The molecule has 0 aliphatic carbocycles. The number of methoxy groups -OCH3 is 1. The molecule has 0 aromatic heterocycles. The Morgan fingerprint density at radius 2 is 1.75 bits per heavy atom. The number of benzene rings is 2. The van der Waals surface area contributed by atoms with Crippen LogP contribution in [0.4, 0.5) is 0 Å². The molecular formula is C19H20BrNO3. The van der Waals surface area contributed by atoms with Gasteiger partial charge in [0.15, 0.2) is 11.5 Å². The van der Waals surface area contributed by atoms with Crippen molar-refractivity contribution in [3.05, 3.63) is 52.0 Å². The zero-order valence-electron chi connectivity index (χ0n) is 14.0. The fourth-order valence-electron chi connectivity index (χ4n) is 2.18. The fraction of sp³-hybridized carbons (Fsp3) is 0.316. The number of nitrogens with zero attached hydrogens (tertiary/aromatic N) is 1. The minimum atomic E-state index is 0.368. The molecule has 0 heterocycles. The fourth-order valence-corrected chi connectivity index (χ4v) is 2.73. The number of nitriles is 1.